The molecule has 0 aromatic carbocycles. The fourth-order valence-electron chi connectivity index (χ4n) is 0.789. The summed E-state index contributed by atoms with van der Waals surface area (Å²) >= 11 is 0. The van der Waals surface area contributed by atoms with Gasteiger partial charge in [-0.15, -0.1) is 0 Å². The topological polar surface area (TPSA) is 26.3 Å². The van der Waals surface area contributed by atoms with Gasteiger partial charge in [-0.1, -0.05) is 27.2 Å². The number of rotatable bonds is 7. The quantitative estimate of drug-likeness (QED) is 0.551. The molecule has 2 nitrogen and oxygen atoms in total. The predicted octanol–water partition coefficient (Wildman–Crippen LogP) is 2.42. The number of hydrogen-bond donors (Lipinski definition) is 0. The maximum atomic E-state index is 11.2. The highest BCUT2D eigenvalue weighted by molar-refractivity contribution is 5.81. The van der Waals surface area contributed by atoms with Crippen molar-refractivity contribution in [2.24, 2.45) is 5.92 Å². The maximum Gasteiger partial charge on any atom is 0.161 e. The van der Waals surface area contributed by atoms with Crippen LogP contribution in [0.3, 0.4) is 0 Å². The minimum Gasteiger partial charge on any atom is -0.374 e. The van der Waals surface area contributed by atoms with Gasteiger partial charge in [-0.2, -0.15) is 0 Å². The van der Waals surface area contributed by atoms with Crippen LogP contribution in [0.25, 0.3) is 0 Å². The van der Waals surface area contributed by atoms with Crippen LogP contribution in [0.5, 0.6) is 0 Å². The Morgan fingerprint density at radius 1 is 1.42 bits per heavy atom. The first-order chi connectivity index (χ1) is 5.72. The number of ether oxygens (including phenoxy) is 1. The van der Waals surface area contributed by atoms with E-state index in [0.29, 0.717) is 6.61 Å². The number of hydrogen-bond acceptors (Lipinski definition) is 2. The molecule has 0 rings (SSSR count). The average molecular weight is 172 g/mol. The molecular weight excluding hydrogens is 152 g/mol. The third kappa shape index (κ3) is 5.30. The Morgan fingerprint density at radius 2 is 2.08 bits per heavy atom. The number of unbranched alkanes of at least 4 members (excludes halogenated alkanes) is 1. The zero-order valence-corrected chi connectivity index (χ0v) is 8.43. The lowest BCUT2D eigenvalue weighted by atomic mass is 10.1. The maximum absolute atomic E-state index is 11.2. The van der Waals surface area contributed by atoms with Crippen LogP contribution in [-0.4, -0.2) is 19.0 Å². The van der Waals surface area contributed by atoms with Gasteiger partial charge in [0.2, 0.25) is 0 Å². The first kappa shape index (κ1) is 11.6. The molecule has 0 radical (unpaired) electrons. The smallest absolute Gasteiger partial charge is 0.161 e. The molecule has 1 unspecified atom stereocenters. The molecule has 0 saturated carbocycles. The second-order valence-corrected chi connectivity index (χ2v) is 3.18. The van der Waals surface area contributed by atoms with Gasteiger partial charge in [0.1, 0.15) is 6.61 Å². The molecule has 12 heavy (non-hydrogen) atoms. The van der Waals surface area contributed by atoms with E-state index in [9.17, 15) is 4.79 Å². The van der Waals surface area contributed by atoms with Gasteiger partial charge in [0, 0.05) is 12.5 Å². The van der Waals surface area contributed by atoms with Crippen molar-refractivity contribution in [3.63, 3.8) is 0 Å². The van der Waals surface area contributed by atoms with E-state index in [-0.39, 0.29) is 11.7 Å². The Labute approximate surface area is 75.3 Å². The van der Waals surface area contributed by atoms with E-state index in [1.54, 1.807) is 0 Å². The Kier molecular flexibility index (Phi) is 7.06. The summed E-state index contributed by atoms with van der Waals surface area (Å²) in [6.07, 6.45) is 3.08. The van der Waals surface area contributed by atoms with Crippen LogP contribution in [0.1, 0.15) is 40.0 Å². The monoisotopic (exact) mass is 172 g/mol. The summed E-state index contributed by atoms with van der Waals surface area (Å²) in [7, 11) is 0. The molecule has 0 saturated heterocycles. The zero-order valence-electron chi connectivity index (χ0n) is 8.43. The summed E-state index contributed by atoms with van der Waals surface area (Å²) < 4.78 is 5.21. The summed E-state index contributed by atoms with van der Waals surface area (Å²) in [5.74, 6) is 0.389. The van der Waals surface area contributed by atoms with Crippen molar-refractivity contribution in [3.8, 4) is 0 Å². The molecule has 72 valence electrons. The summed E-state index contributed by atoms with van der Waals surface area (Å²) in [5.41, 5.74) is 0. The second kappa shape index (κ2) is 7.29. The molecule has 1 atom stereocenters. The minimum absolute atomic E-state index is 0.159. The van der Waals surface area contributed by atoms with Crippen molar-refractivity contribution in [2.75, 3.05) is 13.2 Å². The Morgan fingerprint density at radius 3 is 2.58 bits per heavy atom. The van der Waals surface area contributed by atoms with E-state index in [1.165, 1.54) is 0 Å². The number of ketones is 1. The number of carbonyl (C=O) groups excluding carboxylic acids is 1. The third-order valence-electron chi connectivity index (χ3n) is 2.05. The first-order valence-corrected chi connectivity index (χ1v) is 4.82. The van der Waals surface area contributed by atoms with Gasteiger partial charge in [0.25, 0.3) is 0 Å². The molecule has 0 aliphatic heterocycles. The highest BCUT2D eigenvalue weighted by atomic mass is 16.5. The van der Waals surface area contributed by atoms with Crippen LogP contribution >= 0.6 is 0 Å². The van der Waals surface area contributed by atoms with Gasteiger partial charge < -0.3 is 4.74 Å². The van der Waals surface area contributed by atoms with Crippen molar-refractivity contribution >= 4 is 5.78 Å². The van der Waals surface area contributed by atoms with E-state index in [2.05, 4.69) is 6.92 Å². The van der Waals surface area contributed by atoms with Crippen LogP contribution in [-0.2, 0) is 9.53 Å². The SMILES string of the molecule is CCCCOCC(=O)C(C)CC. The van der Waals surface area contributed by atoms with Gasteiger partial charge in [0.15, 0.2) is 5.78 Å². The molecule has 0 N–H and O–H groups in total. The highest BCUT2D eigenvalue weighted by Gasteiger charge is 2.09. The Hall–Kier alpha value is -0.370. The van der Waals surface area contributed by atoms with Gasteiger partial charge in [-0.3, -0.25) is 4.79 Å². The van der Waals surface area contributed by atoms with E-state index in [1.807, 2.05) is 13.8 Å². The van der Waals surface area contributed by atoms with Crippen LogP contribution < -0.4 is 0 Å². The van der Waals surface area contributed by atoms with Crippen molar-refractivity contribution in [1.29, 1.82) is 0 Å². The standard InChI is InChI=1S/C10H20O2/c1-4-6-7-12-8-10(11)9(3)5-2/h9H,4-8H2,1-3H3. The molecule has 0 heterocycles. The zero-order chi connectivity index (χ0) is 9.40. The molecule has 0 bridgehead atoms. The van der Waals surface area contributed by atoms with E-state index < -0.39 is 0 Å². The molecule has 0 fully saturated rings. The third-order valence-corrected chi connectivity index (χ3v) is 2.05. The van der Waals surface area contributed by atoms with Crippen LogP contribution in [0.4, 0.5) is 0 Å². The molecular formula is C10H20O2. The molecule has 0 aromatic heterocycles. The van der Waals surface area contributed by atoms with Gasteiger partial charge >= 0.3 is 0 Å². The highest BCUT2D eigenvalue weighted by Crippen LogP contribution is 2.02. The van der Waals surface area contributed by atoms with E-state index in [0.717, 1.165) is 25.9 Å². The van der Waals surface area contributed by atoms with Gasteiger partial charge in [0.05, 0.1) is 0 Å². The van der Waals surface area contributed by atoms with Crippen molar-refractivity contribution in [3.05, 3.63) is 0 Å². The van der Waals surface area contributed by atoms with Gasteiger partial charge in [-0.25, -0.2) is 0 Å². The van der Waals surface area contributed by atoms with E-state index in [4.69, 9.17) is 4.74 Å². The predicted molar refractivity (Wildman–Crippen MR) is 50.2 cm³/mol. The first-order valence-electron chi connectivity index (χ1n) is 4.82. The molecule has 0 aliphatic rings. The lowest BCUT2D eigenvalue weighted by molar-refractivity contribution is -0.127. The number of Topliss-reactive ketones (excluding diaryl/α,β-unsaturated/α-hetero) is 1. The molecule has 0 amide bonds. The summed E-state index contributed by atoms with van der Waals surface area (Å²) in [4.78, 5) is 11.2. The van der Waals surface area contributed by atoms with Crippen molar-refractivity contribution in [2.45, 2.75) is 40.0 Å². The summed E-state index contributed by atoms with van der Waals surface area (Å²) in [6.45, 7) is 7.10. The molecule has 2 heteroatoms. The molecule has 0 aliphatic carbocycles. The lowest BCUT2D eigenvalue weighted by Crippen LogP contribution is -2.17. The lowest BCUT2D eigenvalue weighted by Gasteiger charge is -2.07. The fraction of sp³-hybridized carbons (Fsp3) is 0.900. The molecule has 0 aromatic rings. The largest absolute Gasteiger partial charge is 0.374 e. The van der Waals surface area contributed by atoms with Crippen molar-refractivity contribution < 1.29 is 9.53 Å². The fourth-order valence-corrected chi connectivity index (χ4v) is 0.789. The average Bonchev–Trinajstić information content (AvgIpc) is 2.10. The minimum atomic E-state index is 0.159. The Balaban J connectivity index is 3.31. The summed E-state index contributed by atoms with van der Waals surface area (Å²) in [6, 6.07) is 0. The Bertz CT molecular complexity index is 121. The second-order valence-electron chi connectivity index (χ2n) is 3.18. The van der Waals surface area contributed by atoms with Gasteiger partial charge in [-0.05, 0) is 12.8 Å². The number of carbonyl (C=O) groups is 1. The van der Waals surface area contributed by atoms with E-state index >= 15 is 0 Å². The van der Waals surface area contributed by atoms with Crippen LogP contribution in [0.2, 0.25) is 0 Å². The van der Waals surface area contributed by atoms with Crippen LogP contribution in [0.15, 0.2) is 0 Å². The molecule has 0 spiro atoms. The normalized spacial score (nSPS) is 12.9. The van der Waals surface area contributed by atoms with Crippen molar-refractivity contribution in [1.82, 2.24) is 0 Å². The summed E-state index contributed by atoms with van der Waals surface area (Å²) in [5, 5.41) is 0. The van der Waals surface area contributed by atoms with Crippen LogP contribution in [0, 0.1) is 5.92 Å².